The number of carbonyl (C=O) groups is 1. The predicted molar refractivity (Wildman–Crippen MR) is 128 cm³/mol. The number of nitrogens with one attached hydrogen (secondary N) is 1. The van der Waals surface area contributed by atoms with Crippen molar-refractivity contribution in [2.45, 2.75) is 51.0 Å². The summed E-state index contributed by atoms with van der Waals surface area (Å²) < 4.78 is 29.3. The van der Waals surface area contributed by atoms with Crippen LogP contribution in [0.2, 0.25) is 0 Å². The number of hydrogen-bond acceptors (Lipinski definition) is 5. The van der Waals surface area contributed by atoms with Crippen molar-refractivity contribution in [2.75, 3.05) is 18.4 Å². The van der Waals surface area contributed by atoms with Gasteiger partial charge in [0.2, 0.25) is 15.9 Å². The van der Waals surface area contributed by atoms with E-state index in [9.17, 15) is 18.0 Å². The van der Waals surface area contributed by atoms with Crippen molar-refractivity contribution in [3.63, 3.8) is 0 Å². The Morgan fingerprint density at radius 2 is 1.76 bits per heavy atom. The van der Waals surface area contributed by atoms with E-state index in [0.717, 1.165) is 31.2 Å². The van der Waals surface area contributed by atoms with Crippen LogP contribution in [0.5, 0.6) is 0 Å². The summed E-state index contributed by atoms with van der Waals surface area (Å²) in [6.45, 7) is 4.43. The standard InChI is InChI=1S/C24H28N4O4S/c1-17-7-10-21-20(13-17)24(30)27(16-25-21)15-23(29)26-19-9-8-18(2)22(14-19)33(31,32)28-11-5-3-4-6-12-28/h7-10,13-14,16H,3-6,11-12,15H2,1-2H3,(H,26,29). The van der Waals surface area contributed by atoms with Crippen LogP contribution in [0.1, 0.15) is 36.8 Å². The van der Waals surface area contributed by atoms with Crippen LogP contribution < -0.4 is 10.9 Å². The molecular weight excluding hydrogens is 440 g/mol. The minimum atomic E-state index is -3.65. The molecule has 1 aromatic heterocycles. The highest BCUT2D eigenvalue weighted by atomic mass is 32.2. The zero-order valence-corrected chi connectivity index (χ0v) is 19.7. The highest BCUT2D eigenvalue weighted by Crippen LogP contribution is 2.26. The van der Waals surface area contributed by atoms with E-state index >= 15 is 0 Å². The maximum atomic E-state index is 13.2. The quantitative estimate of drug-likeness (QED) is 0.620. The van der Waals surface area contributed by atoms with Crippen LogP contribution in [0.4, 0.5) is 5.69 Å². The average Bonchev–Trinajstić information content (AvgIpc) is 3.07. The third kappa shape index (κ3) is 4.99. The van der Waals surface area contributed by atoms with E-state index < -0.39 is 15.9 Å². The zero-order valence-electron chi connectivity index (χ0n) is 18.9. The summed E-state index contributed by atoms with van der Waals surface area (Å²) in [6, 6.07) is 10.2. The van der Waals surface area contributed by atoms with E-state index in [-0.39, 0.29) is 17.0 Å². The van der Waals surface area contributed by atoms with Gasteiger partial charge in [-0.15, -0.1) is 0 Å². The Morgan fingerprint density at radius 3 is 2.48 bits per heavy atom. The van der Waals surface area contributed by atoms with Gasteiger partial charge in [0, 0.05) is 18.8 Å². The van der Waals surface area contributed by atoms with Gasteiger partial charge in [0.1, 0.15) is 6.54 Å². The van der Waals surface area contributed by atoms with Gasteiger partial charge in [-0.1, -0.05) is 30.5 Å². The van der Waals surface area contributed by atoms with Crippen molar-refractivity contribution in [1.29, 1.82) is 0 Å². The number of sulfonamides is 1. The molecule has 8 nitrogen and oxygen atoms in total. The first-order valence-corrected chi connectivity index (χ1v) is 12.6. The first kappa shape index (κ1) is 23.1. The van der Waals surface area contributed by atoms with Crippen LogP contribution in [0, 0.1) is 13.8 Å². The van der Waals surface area contributed by atoms with Crippen LogP contribution in [-0.2, 0) is 21.4 Å². The molecule has 0 unspecified atom stereocenters. The first-order chi connectivity index (χ1) is 15.8. The van der Waals surface area contributed by atoms with Crippen LogP contribution in [0.3, 0.4) is 0 Å². The van der Waals surface area contributed by atoms with Gasteiger partial charge < -0.3 is 5.32 Å². The third-order valence-corrected chi connectivity index (χ3v) is 7.99. The van der Waals surface area contributed by atoms with Crippen LogP contribution in [0.25, 0.3) is 10.9 Å². The number of amides is 1. The summed E-state index contributed by atoms with van der Waals surface area (Å²) in [5, 5.41) is 3.17. The second kappa shape index (κ2) is 9.44. The van der Waals surface area contributed by atoms with Crippen molar-refractivity contribution in [2.24, 2.45) is 0 Å². The largest absolute Gasteiger partial charge is 0.324 e. The van der Waals surface area contributed by atoms with Gasteiger partial charge in [-0.25, -0.2) is 13.4 Å². The number of aromatic nitrogens is 2. The van der Waals surface area contributed by atoms with Gasteiger partial charge in [-0.3, -0.25) is 14.2 Å². The Bertz CT molecular complexity index is 1360. The zero-order chi connectivity index (χ0) is 23.6. The smallest absolute Gasteiger partial charge is 0.261 e. The van der Waals surface area contributed by atoms with Crippen molar-refractivity contribution in [3.05, 3.63) is 64.2 Å². The third-order valence-electron chi connectivity index (χ3n) is 5.95. The van der Waals surface area contributed by atoms with E-state index in [1.54, 1.807) is 31.2 Å². The fraction of sp³-hybridized carbons (Fsp3) is 0.375. The highest BCUT2D eigenvalue weighted by Gasteiger charge is 2.27. The minimum Gasteiger partial charge on any atom is -0.324 e. The van der Waals surface area contributed by atoms with Gasteiger partial charge in [0.15, 0.2) is 0 Å². The van der Waals surface area contributed by atoms with Crippen molar-refractivity contribution in [1.82, 2.24) is 13.9 Å². The molecule has 1 fully saturated rings. The van der Waals surface area contributed by atoms with Gasteiger partial charge in [0.25, 0.3) is 5.56 Å². The molecule has 0 spiro atoms. The molecule has 0 atom stereocenters. The Balaban J connectivity index is 1.55. The molecule has 0 saturated carbocycles. The Labute approximate surface area is 193 Å². The van der Waals surface area contributed by atoms with Crippen molar-refractivity contribution >= 4 is 32.5 Å². The highest BCUT2D eigenvalue weighted by molar-refractivity contribution is 7.89. The molecule has 33 heavy (non-hydrogen) atoms. The second-order valence-electron chi connectivity index (χ2n) is 8.54. The average molecular weight is 469 g/mol. The molecular formula is C24H28N4O4S. The van der Waals surface area contributed by atoms with Crippen molar-refractivity contribution < 1.29 is 13.2 Å². The SMILES string of the molecule is Cc1ccc2ncn(CC(=O)Nc3ccc(C)c(S(=O)(=O)N4CCCCCC4)c3)c(=O)c2c1. The second-order valence-corrected chi connectivity index (χ2v) is 10.5. The topological polar surface area (TPSA) is 101 Å². The lowest BCUT2D eigenvalue weighted by Crippen LogP contribution is -2.32. The number of benzene rings is 2. The van der Waals surface area contributed by atoms with E-state index in [1.165, 1.54) is 21.3 Å². The number of rotatable bonds is 5. The number of carbonyl (C=O) groups excluding carboxylic acids is 1. The molecule has 2 aromatic carbocycles. The summed E-state index contributed by atoms with van der Waals surface area (Å²) in [7, 11) is -3.65. The minimum absolute atomic E-state index is 0.196. The molecule has 1 saturated heterocycles. The van der Waals surface area contributed by atoms with Gasteiger partial charge in [-0.2, -0.15) is 4.31 Å². The molecule has 1 aliphatic heterocycles. The summed E-state index contributed by atoms with van der Waals surface area (Å²) in [5.74, 6) is -0.437. The van der Waals surface area contributed by atoms with E-state index in [2.05, 4.69) is 10.3 Å². The maximum Gasteiger partial charge on any atom is 0.261 e. The monoisotopic (exact) mass is 468 g/mol. The van der Waals surface area contributed by atoms with Gasteiger partial charge in [-0.05, 0) is 56.5 Å². The number of aryl methyl sites for hydroxylation is 2. The van der Waals surface area contributed by atoms with E-state index in [0.29, 0.717) is 35.2 Å². The van der Waals surface area contributed by atoms with Gasteiger partial charge >= 0.3 is 0 Å². The number of hydrogen-bond donors (Lipinski definition) is 1. The lowest BCUT2D eigenvalue weighted by Gasteiger charge is -2.21. The molecule has 2 heterocycles. The van der Waals surface area contributed by atoms with E-state index in [4.69, 9.17) is 0 Å². The Hall–Kier alpha value is -3.04. The molecule has 0 radical (unpaired) electrons. The molecule has 0 aliphatic carbocycles. The van der Waals surface area contributed by atoms with Crippen molar-refractivity contribution in [3.8, 4) is 0 Å². The maximum absolute atomic E-state index is 13.2. The normalized spacial score (nSPS) is 15.3. The first-order valence-electron chi connectivity index (χ1n) is 11.1. The molecule has 174 valence electrons. The summed E-state index contributed by atoms with van der Waals surface area (Å²) in [6.07, 6.45) is 5.11. The number of nitrogens with zero attached hydrogens (tertiary/aromatic N) is 3. The van der Waals surface area contributed by atoms with E-state index in [1.807, 2.05) is 13.0 Å². The Kier molecular flexibility index (Phi) is 6.62. The lowest BCUT2D eigenvalue weighted by molar-refractivity contribution is -0.116. The number of anilines is 1. The summed E-state index contributed by atoms with van der Waals surface area (Å²) >= 11 is 0. The molecule has 3 aromatic rings. The Morgan fingerprint density at radius 1 is 1.03 bits per heavy atom. The molecule has 1 amide bonds. The molecule has 0 bridgehead atoms. The molecule has 4 rings (SSSR count). The molecule has 1 aliphatic rings. The van der Waals surface area contributed by atoms with Crippen LogP contribution in [0.15, 0.2) is 52.4 Å². The molecule has 1 N–H and O–H groups in total. The van der Waals surface area contributed by atoms with Crippen LogP contribution in [-0.4, -0.2) is 41.3 Å². The van der Waals surface area contributed by atoms with Gasteiger partial charge in [0.05, 0.1) is 22.1 Å². The predicted octanol–water partition coefficient (Wildman–Crippen LogP) is 3.22. The summed E-state index contributed by atoms with van der Waals surface area (Å²) in [4.78, 5) is 29.9. The summed E-state index contributed by atoms with van der Waals surface area (Å²) in [5.41, 5.74) is 2.21. The lowest BCUT2D eigenvalue weighted by atomic mass is 10.2. The molecule has 9 heteroatoms. The fourth-order valence-electron chi connectivity index (χ4n) is 4.12. The van der Waals surface area contributed by atoms with Crippen LogP contribution >= 0.6 is 0 Å². The number of fused-ring (bicyclic) bond motifs is 1. The fourth-order valence-corrected chi connectivity index (χ4v) is 5.89.